The first-order chi connectivity index (χ1) is 12.0. The molecule has 0 fully saturated rings. The van der Waals surface area contributed by atoms with E-state index in [1.165, 1.54) is 12.1 Å². The SMILES string of the molecule is CC(C)(C)[Si](C)(C)Oc1c(-c2ccc(Cl)cc2)oc2cc(F)cc(Cl)c12. The fourth-order valence-electron chi connectivity index (χ4n) is 2.42. The van der Waals surface area contributed by atoms with E-state index in [0.717, 1.165) is 5.56 Å². The van der Waals surface area contributed by atoms with Crippen LogP contribution in [-0.4, -0.2) is 8.32 Å². The van der Waals surface area contributed by atoms with Gasteiger partial charge in [-0.2, -0.15) is 0 Å². The van der Waals surface area contributed by atoms with Crippen LogP contribution in [0.25, 0.3) is 22.3 Å². The van der Waals surface area contributed by atoms with Gasteiger partial charge in [0.2, 0.25) is 0 Å². The summed E-state index contributed by atoms with van der Waals surface area (Å²) >= 11 is 12.4. The Morgan fingerprint density at radius 2 is 1.65 bits per heavy atom. The Morgan fingerprint density at radius 3 is 2.23 bits per heavy atom. The highest BCUT2D eigenvalue weighted by Crippen LogP contribution is 2.47. The van der Waals surface area contributed by atoms with Gasteiger partial charge in [-0.15, -0.1) is 0 Å². The molecule has 1 heterocycles. The lowest BCUT2D eigenvalue weighted by molar-refractivity contribution is 0.487. The molecule has 26 heavy (non-hydrogen) atoms. The van der Waals surface area contributed by atoms with Crippen molar-refractivity contribution in [3.63, 3.8) is 0 Å². The van der Waals surface area contributed by atoms with Gasteiger partial charge in [0.1, 0.15) is 11.4 Å². The molecule has 0 atom stereocenters. The number of fused-ring (bicyclic) bond motifs is 1. The molecule has 0 bridgehead atoms. The van der Waals surface area contributed by atoms with Crippen molar-refractivity contribution in [2.24, 2.45) is 0 Å². The summed E-state index contributed by atoms with van der Waals surface area (Å²) < 4.78 is 26.4. The van der Waals surface area contributed by atoms with Gasteiger partial charge in [-0.05, 0) is 48.5 Å². The first-order valence-electron chi connectivity index (χ1n) is 8.36. The second-order valence-corrected chi connectivity index (χ2v) is 13.5. The monoisotopic (exact) mass is 410 g/mol. The molecule has 0 unspecified atom stereocenters. The highest BCUT2D eigenvalue weighted by atomic mass is 35.5. The van der Waals surface area contributed by atoms with Gasteiger partial charge in [0.25, 0.3) is 8.32 Å². The summed E-state index contributed by atoms with van der Waals surface area (Å²) in [5, 5.41) is 1.49. The van der Waals surface area contributed by atoms with Crippen molar-refractivity contribution in [2.45, 2.75) is 38.9 Å². The number of rotatable bonds is 3. The van der Waals surface area contributed by atoms with Crippen molar-refractivity contribution >= 4 is 42.5 Å². The van der Waals surface area contributed by atoms with Gasteiger partial charge in [0, 0.05) is 16.7 Å². The van der Waals surface area contributed by atoms with Crippen LogP contribution >= 0.6 is 23.2 Å². The molecule has 2 nitrogen and oxygen atoms in total. The van der Waals surface area contributed by atoms with Crippen molar-refractivity contribution in [1.82, 2.24) is 0 Å². The summed E-state index contributed by atoms with van der Waals surface area (Å²) in [6, 6.07) is 9.87. The first-order valence-corrected chi connectivity index (χ1v) is 12.0. The Morgan fingerprint density at radius 1 is 1.04 bits per heavy atom. The Hall–Kier alpha value is -1.49. The van der Waals surface area contributed by atoms with E-state index in [1.54, 1.807) is 12.1 Å². The third-order valence-electron chi connectivity index (χ3n) is 4.93. The zero-order chi connectivity index (χ0) is 19.3. The predicted molar refractivity (Wildman–Crippen MR) is 109 cm³/mol. The Bertz CT molecular complexity index is 957. The van der Waals surface area contributed by atoms with Crippen molar-refractivity contribution in [3.8, 4) is 17.1 Å². The topological polar surface area (TPSA) is 22.4 Å². The van der Waals surface area contributed by atoms with Gasteiger partial charge in [0.05, 0.1) is 10.4 Å². The summed E-state index contributed by atoms with van der Waals surface area (Å²) in [6.07, 6.45) is 0. The number of hydrogen-bond donors (Lipinski definition) is 0. The molecule has 1 aromatic heterocycles. The summed E-state index contributed by atoms with van der Waals surface area (Å²) in [6.45, 7) is 10.8. The number of halogens is 3. The molecule has 0 amide bonds. The minimum Gasteiger partial charge on any atom is -0.540 e. The van der Waals surface area contributed by atoms with Gasteiger partial charge in [-0.3, -0.25) is 0 Å². The molecular weight excluding hydrogens is 390 g/mol. The van der Waals surface area contributed by atoms with Gasteiger partial charge in [-0.25, -0.2) is 4.39 Å². The van der Waals surface area contributed by atoms with Crippen LogP contribution in [0.15, 0.2) is 40.8 Å². The Kier molecular flexibility index (Phi) is 4.89. The Balaban J connectivity index is 2.27. The molecule has 0 saturated carbocycles. The van der Waals surface area contributed by atoms with Crippen LogP contribution in [0.5, 0.6) is 5.75 Å². The molecule has 3 rings (SSSR count). The molecule has 0 aliphatic rings. The molecule has 138 valence electrons. The van der Waals surface area contributed by atoms with Crippen LogP contribution in [0.3, 0.4) is 0 Å². The van der Waals surface area contributed by atoms with E-state index < -0.39 is 14.1 Å². The minimum absolute atomic E-state index is 0.0135. The van der Waals surface area contributed by atoms with Crippen LogP contribution in [0.2, 0.25) is 28.2 Å². The smallest absolute Gasteiger partial charge is 0.250 e. The fourth-order valence-corrected chi connectivity index (χ4v) is 3.84. The van der Waals surface area contributed by atoms with Crippen LogP contribution in [-0.2, 0) is 0 Å². The van der Waals surface area contributed by atoms with E-state index >= 15 is 0 Å². The third-order valence-corrected chi connectivity index (χ3v) is 9.81. The van der Waals surface area contributed by atoms with Crippen LogP contribution < -0.4 is 4.43 Å². The molecular formula is C20H21Cl2FO2Si. The van der Waals surface area contributed by atoms with Gasteiger partial charge in [0.15, 0.2) is 11.5 Å². The molecule has 0 aliphatic heterocycles. The summed E-state index contributed by atoms with van der Waals surface area (Å²) in [7, 11) is -2.18. The molecule has 6 heteroatoms. The second-order valence-electron chi connectivity index (χ2n) is 7.89. The van der Waals surface area contributed by atoms with E-state index in [2.05, 4.69) is 33.9 Å². The van der Waals surface area contributed by atoms with E-state index in [1.807, 2.05) is 12.1 Å². The van der Waals surface area contributed by atoms with Gasteiger partial charge in [-0.1, -0.05) is 44.0 Å². The van der Waals surface area contributed by atoms with E-state index in [9.17, 15) is 4.39 Å². The average Bonchev–Trinajstić information content (AvgIpc) is 2.84. The Labute approximate surface area is 164 Å². The third kappa shape index (κ3) is 3.50. The lowest BCUT2D eigenvalue weighted by atomic mass is 10.1. The highest BCUT2D eigenvalue weighted by Gasteiger charge is 2.40. The van der Waals surface area contributed by atoms with Crippen molar-refractivity contribution in [1.29, 1.82) is 0 Å². The lowest BCUT2D eigenvalue weighted by Gasteiger charge is -2.36. The zero-order valence-electron chi connectivity index (χ0n) is 15.4. The lowest BCUT2D eigenvalue weighted by Crippen LogP contribution is -2.43. The predicted octanol–water partition coefficient (Wildman–Crippen LogP) is 7.93. The van der Waals surface area contributed by atoms with Crippen molar-refractivity contribution < 1.29 is 13.2 Å². The summed E-state index contributed by atoms with van der Waals surface area (Å²) in [4.78, 5) is 0. The molecule has 3 aromatic rings. The standard InChI is InChI=1S/C20H21Cl2FO2Si/c1-20(2,3)26(4,5)25-19-17-15(22)10-14(23)11-16(17)24-18(19)12-6-8-13(21)9-7-12/h6-11H,1-5H3. The quantitative estimate of drug-likeness (QED) is 0.408. The van der Waals surface area contributed by atoms with Crippen molar-refractivity contribution in [2.75, 3.05) is 0 Å². The number of benzene rings is 2. The number of furan rings is 1. The van der Waals surface area contributed by atoms with Gasteiger partial charge < -0.3 is 8.84 Å². The molecule has 0 radical (unpaired) electrons. The highest BCUT2D eigenvalue weighted by molar-refractivity contribution is 6.75. The summed E-state index contributed by atoms with van der Waals surface area (Å²) in [5.74, 6) is 0.658. The van der Waals surface area contributed by atoms with Crippen molar-refractivity contribution in [3.05, 3.63) is 52.3 Å². The first kappa shape index (κ1) is 19.3. The van der Waals surface area contributed by atoms with E-state index in [-0.39, 0.29) is 10.1 Å². The maximum atomic E-state index is 13.8. The normalized spacial score (nSPS) is 12.6. The van der Waals surface area contributed by atoms with E-state index in [4.69, 9.17) is 32.0 Å². The second kappa shape index (κ2) is 6.59. The maximum absolute atomic E-state index is 13.8. The van der Waals surface area contributed by atoms with Gasteiger partial charge >= 0.3 is 0 Å². The van der Waals surface area contributed by atoms with Crippen LogP contribution in [0.4, 0.5) is 4.39 Å². The minimum atomic E-state index is -2.18. The molecule has 0 saturated heterocycles. The maximum Gasteiger partial charge on any atom is 0.250 e. The molecule has 0 aliphatic carbocycles. The van der Waals surface area contributed by atoms with Crippen LogP contribution in [0.1, 0.15) is 20.8 Å². The largest absolute Gasteiger partial charge is 0.540 e. The number of hydrogen-bond acceptors (Lipinski definition) is 2. The molecule has 0 spiro atoms. The zero-order valence-corrected chi connectivity index (χ0v) is 17.9. The van der Waals surface area contributed by atoms with E-state index in [0.29, 0.717) is 27.5 Å². The molecule has 0 N–H and O–H groups in total. The summed E-state index contributed by atoms with van der Waals surface area (Å²) in [5.41, 5.74) is 1.17. The van der Waals surface area contributed by atoms with Crippen LogP contribution in [0, 0.1) is 5.82 Å². The molecule has 2 aromatic carbocycles. The average molecular weight is 411 g/mol. The fraction of sp³-hybridized carbons (Fsp3) is 0.300.